The van der Waals surface area contributed by atoms with Gasteiger partial charge in [-0.25, -0.2) is 14.7 Å². The first-order valence-electron chi connectivity index (χ1n) is 9.82. The second kappa shape index (κ2) is 7.74. The monoisotopic (exact) mass is 450 g/mol. The summed E-state index contributed by atoms with van der Waals surface area (Å²) in [6, 6.07) is 8.66. The molecule has 1 aliphatic heterocycles. The van der Waals surface area contributed by atoms with Crippen LogP contribution >= 0.6 is 11.8 Å². The first-order chi connectivity index (χ1) is 14.6. The van der Waals surface area contributed by atoms with E-state index in [0.29, 0.717) is 18.7 Å². The second-order valence-electron chi connectivity index (χ2n) is 7.93. The predicted octanol–water partition coefficient (Wildman–Crippen LogP) is 5.02. The van der Waals surface area contributed by atoms with E-state index in [1.54, 1.807) is 17.2 Å². The van der Waals surface area contributed by atoms with Crippen LogP contribution in [0.5, 0.6) is 0 Å². The topological polar surface area (TPSA) is 65.5 Å². The number of pyridine rings is 1. The molecule has 10 heteroatoms. The van der Waals surface area contributed by atoms with Crippen molar-refractivity contribution in [2.75, 3.05) is 10.2 Å². The number of urea groups is 1. The number of nitrogens with one attached hydrogen (secondary N) is 1. The molecule has 1 spiro atoms. The maximum Gasteiger partial charge on any atom is 0.446 e. The molecule has 0 atom stereocenters. The smallest absolute Gasteiger partial charge is 0.368 e. The number of aromatic nitrogens is 1. The van der Waals surface area contributed by atoms with Crippen LogP contribution in [0.15, 0.2) is 47.5 Å². The van der Waals surface area contributed by atoms with Crippen molar-refractivity contribution in [2.45, 2.75) is 55.2 Å². The Morgan fingerprint density at radius 2 is 1.84 bits per heavy atom. The van der Waals surface area contributed by atoms with E-state index in [9.17, 15) is 22.8 Å². The molecule has 6 nitrogen and oxygen atoms in total. The second-order valence-corrected chi connectivity index (χ2v) is 9.07. The number of amides is 3. The van der Waals surface area contributed by atoms with Crippen LogP contribution in [-0.2, 0) is 11.3 Å². The summed E-state index contributed by atoms with van der Waals surface area (Å²) in [7, 11) is 0. The highest BCUT2D eigenvalue weighted by Gasteiger charge is 2.65. The van der Waals surface area contributed by atoms with Crippen molar-refractivity contribution in [3.8, 4) is 0 Å². The van der Waals surface area contributed by atoms with Gasteiger partial charge in [-0.2, -0.15) is 13.2 Å². The number of carbonyl (C=O) groups excluding carboxylic acids is 2. The van der Waals surface area contributed by atoms with E-state index in [2.05, 4.69) is 10.3 Å². The van der Waals surface area contributed by atoms with Gasteiger partial charge >= 0.3 is 11.5 Å². The molecule has 1 aromatic heterocycles. The van der Waals surface area contributed by atoms with Crippen molar-refractivity contribution in [3.05, 3.63) is 48.2 Å². The Kier molecular flexibility index (Phi) is 5.36. The van der Waals surface area contributed by atoms with Gasteiger partial charge in [-0.15, -0.1) is 0 Å². The van der Waals surface area contributed by atoms with Gasteiger partial charge in [0.2, 0.25) is 0 Å². The number of hydrogen-bond donors (Lipinski definition) is 1. The molecule has 31 heavy (non-hydrogen) atoms. The third-order valence-corrected chi connectivity index (χ3v) is 5.93. The molecular weight excluding hydrogens is 429 g/mol. The Hall–Kier alpha value is -2.75. The van der Waals surface area contributed by atoms with E-state index in [0.717, 1.165) is 10.5 Å². The van der Waals surface area contributed by atoms with E-state index in [-0.39, 0.29) is 40.8 Å². The summed E-state index contributed by atoms with van der Waals surface area (Å²) in [4.78, 5) is 33.1. The summed E-state index contributed by atoms with van der Waals surface area (Å²) < 4.78 is 37.7. The highest BCUT2D eigenvalue weighted by atomic mass is 32.2. The molecule has 3 amide bonds. The van der Waals surface area contributed by atoms with E-state index in [1.165, 1.54) is 24.3 Å². The maximum absolute atomic E-state index is 13.2. The predicted molar refractivity (Wildman–Crippen MR) is 112 cm³/mol. The van der Waals surface area contributed by atoms with Gasteiger partial charge in [0.1, 0.15) is 11.4 Å². The Balaban J connectivity index is 1.56. The van der Waals surface area contributed by atoms with Crippen molar-refractivity contribution < 1.29 is 22.8 Å². The zero-order valence-corrected chi connectivity index (χ0v) is 17.8. The number of alkyl halides is 3. The van der Waals surface area contributed by atoms with Gasteiger partial charge in [0.25, 0.3) is 5.91 Å². The summed E-state index contributed by atoms with van der Waals surface area (Å²) in [5.74, 6) is 0.355. The lowest BCUT2D eigenvalue weighted by Gasteiger charge is -2.21. The molecule has 2 fully saturated rings. The lowest BCUT2D eigenvalue weighted by molar-refractivity contribution is -0.120. The average molecular weight is 450 g/mol. The van der Waals surface area contributed by atoms with Crippen LogP contribution in [0.2, 0.25) is 0 Å². The normalized spacial score (nSPS) is 17.7. The number of carbonyl (C=O) groups is 2. The minimum absolute atomic E-state index is 0.00435. The summed E-state index contributed by atoms with van der Waals surface area (Å²) in [5.41, 5.74) is -4.16. The molecule has 0 radical (unpaired) electrons. The van der Waals surface area contributed by atoms with Crippen LogP contribution in [0.3, 0.4) is 0 Å². The van der Waals surface area contributed by atoms with Gasteiger partial charge in [-0.3, -0.25) is 4.79 Å². The fraction of sp³-hybridized carbons (Fsp3) is 0.381. The zero-order valence-electron chi connectivity index (χ0n) is 16.9. The molecule has 2 aromatic rings. The number of nitrogens with zero attached hydrogens (tertiary/aromatic N) is 3. The first-order valence-corrected chi connectivity index (χ1v) is 10.6. The quantitative estimate of drug-likeness (QED) is 0.495. The molecule has 4 rings (SSSR count). The number of rotatable bonds is 6. The van der Waals surface area contributed by atoms with Crippen LogP contribution in [-0.4, -0.2) is 38.9 Å². The van der Waals surface area contributed by atoms with Gasteiger partial charge in [0.05, 0.1) is 5.69 Å². The standard InChI is InChI=1S/C21H21F3N4O2S/c1-13(2)26-17-11-14(7-10-25-17)12-27-19(30)28(18(29)20(27)8-9-20)15-3-5-16(6-4-15)31-21(22,23)24/h3-7,10-11,13H,8-9,12H2,1-2H3,(H,25,26). The Morgan fingerprint density at radius 1 is 1.16 bits per heavy atom. The van der Waals surface area contributed by atoms with Crippen molar-refractivity contribution in [3.63, 3.8) is 0 Å². The largest absolute Gasteiger partial charge is 0.446 e. The maximum atomic E-state index is 13.2. The number of imide groups is 1. The molecule has 2 aliphatic rings. The van der Waals surface area contributed by atoms with Gasteiger partial charge in [-0.1, -0.05) is 0 Å². The molecule has 2 heterocycles. The highest BCUT2D eigenvalue weighted by Crippen LogP contribution is 2.50. The van der Waals surface area contributed by atoms with Crippen molar-refractivity contribution in [2.24, 2.45) is 0 Å². The minimum Gasteiger partial charge on any atom is -0.368 e. The molecule has 164 valence electrons. The SMILES string of the molecule is CC(C)Nc1cc(CN2C(=O)N(c3ccc(SC(F)(F)F)cc3)C(=O)C23CC3)ccn1. The van der Waals surface area contributed by atoms with E-state index >= 15 is 0 Å². The van der Waals surface area contributed by atoms with Crippen LogP contribution < -0.4 is 10.2 Å². The Bertz CT molecular complexity index is 1010. The Morgan fingerprint density at radius 3 is 2.42 bits per heavy atom. The fourth-order valence-electron chi connectivity index (χ4n) is 3.69. The average Bonchev–Trinajstić information content (AvgIpc) is 3.44. The van der Waals surface area contributed by atoms with Crippen molar-refractivity contribution in [1.82, 2.24) is 9.88 Å². The van der Waals surface area contributed by atoms with Gasteiger partial charge in [-0.05, 0) is 80.4 Å². The third-order valence-electron chi connectivity index (χ3n) is 5.19. The molecule has 1 saturated heterocycles. The van der Waals surface area contributed by atoms with E-state index in [1.807, 2.05) is 19.9 Å². The third kappa shape index (κ3) is 4.34. The van der Waals surface area contributed by atoms with Gasteiger partial charge in [0, 0.05) is 23.7 Å². The summed E-state index contributed by atoms with van der Waals surface area (Å²) in [5, 5.41) is 3.21. The molecule has 0 bridgehead atoms. The Labute approximate surface area is 181 Å². The zero-order chi connectivity index (χ0) is 22.4. The van der Waals surface area contributed by atoms with Crippen LogP contribution in [0.1, 0.15) is 32.3 Å². The van der Waals surface area contributed by atoms with E-state index < -0.39 is 17.1 Å². The van der Waals surface area contributed by atoms with Gasteiger partial charge in [0.15, 0.2) is 0 Å². The van der Waals surface area contributed by atoms with Crippen molar-refractivity contribution in [1.29, 1.82) is 0 Å². The van der Waals surface area contributed by atoms with Crippen LogP contribution in [0.25, 0.3) is 0 Å². The molecule has 0 unspecified atom stereocenters. The fourth-order valence-corrected chi connectivity index (χ4v) is 4.23. The minimum atomic E-state index is -4.40. The number of benzene rings is 1. The lowest BCUT2D eigenvalue weighted by Crippen LogP contribution is -2.36. The molecular formula is C21H21F3N4O2S. The summed E-state index contributed by atoms with van der Waals surface area (Å²) in [6.45, 7) is 4.23. The molecule has 1 aromatic carbocycles. The summed E-state index contributed by atoms with van der Waals surface area (Å²) in [6.07, 6.45) is 2.79. The molecule has 1 aliphatic carbocycles. The first kappa shape index (κ1) is 21.5. The molecule has 1 saturated carbocycles. The number of anilines is 2. The molecule has 1 N–H and O–H groups in total. The van der Waals surface area contributed by atoms with Crippen molar-refractivity contribution >= 4 is 35.2 Å². The van der Waals surface area contributed by atoms with Crippen LogP contribution in [0, 0.1) is 0 Å². The van der Waals surface area contributed by atoms with Gasteiger partial charge < -0.3 is 10.2 Å². The number of thioether (sulfide) groups is 1. The summed E-state index contributed by atoms with van der Waals surface area (Å²) >= 11 is -0.237. The lowest BCUT2D eigenvalue weighted by atomic mass is 10.2. The highest BCUT2D eigenvalue weighted by molar-refractivity contribution is 8.00. The number of hydrogen-bond acceptors (Lipinski definition) is 5. The number of halogens is 3. The van der Waals surface area contributed by atoms with E-state index in [4.69, 9.17) is 0 Å². The van der Waals surface area contributed by atoms with Crippen LogP contribution in [0.4, 0.5) is 29.5 Å².